The maximum absolute atomic E-state index is 13.0. The van der Waals surface area contributed by atoms with Crippen LogP contribution in [0.2, 0.25) is 0 Å². The largest absolute Gasteiger partial charge is 0.480 e. The van der Waals surface area contributed by atoms with Gasteiger partial charge in [0, 0.05) is 25.6 Å². The second kappa shape index (κ2) is 9.25. The maximum Gasteiger partial charge on any atom is 0.412 e. The van der Waals surface area contributed by atoms with E-state index >= 15 is 0 Å². The Morgan fingerprint density at radius 3 is 2.37 bits per heavy atom. The molecule has 5 rings (SSSR count). The first kappa shape index (κ1) is 22.6. The topological polar surface area (TPSA) is 114 Å². The molecule has 9 nitrogen and oxygen atoms in total. The fraction of sp³-hybridized carbons (Fsp3) is 0.308. The van der Waals surface area contributed by atoms with Crippen LogP contribution >= 0.6 is 0 Å². The van der Waals surface area contributed by atoms with Crippen molar-refractivity contribution in [3.8, 4) is 11.1 Å². The molecular weight excluding hydrogens is 448 g/mol. The van der Waals surface area contributed by atoms with Gasteiger partial charge in [0.25, 0.3) is 5.91 Å². The first-order valence-electron chi connectivity index (χ1n) is 11.6. The Balaban J connectivity index is 1.26. The fourth-order valence-electron chi connectivity index (χ4n) is 5.05. The van der Waals surface area contributed by atoms with Gasteiger partial charge in [-0.2, -0.15) is 5.10 Å². The van der Waals surface area contributed by atoms with Gasteiger partial charge in [0.05, 0.1) is 0 Å². The molecule has 9 heteroatoms. The van der Waals surface area contributed by atoms with Crippen molar-refractivity contribution in [2.75, 3.05) is 18.5 Å². The minimum Gasteiger partial charge on any atom is -0.480 e. The van der Waals surface area contributed by atoms with Gasteiger partial charge in [-0.15, -0.1) is 0 Å². The van der Waals surface area contributed by atoms with Crippen LogP contribution in [0.15, 0.2) is 54.6 Å². The number of benzene rings is 2. The summed E-state index contributed by atoms with van der Waals surface area (Å²) >= 11 is 0. The van der Waals surface area contributed by atoms with Crippen LogP contribution < -0.4 is 5.32 Å². The number of ether oxygens (including phenoxy) is 1. The van der Waals surface area contributed by atoms with E-state index in [9.17, 15) is 19.5 Å². The molecule has 2 aromatic carbocycles. The zero-order valence-electron chi connectivity index (χ0n) is 19.3. The van der Waals surface area contributed by atoms with E-state index in [1.165, 1.54) is 15.6 Å². The van der Waals surface area contributed by atoms with Crippen molar-refractivity contribution >= 4 is 23.8 Å². The summed E-state index contributed by atoms with van der Waals surface area (Å²) in [6.07, 6.45) is 1.26. The highest BCUT2D eigenvalue weighted by Gasteiger charge is 2.34. The Morgan fingerprint density at radius 1 is 1.06 bits per heavy atom. The third kappa shape index (κ3) is 4.25. The number of hydrogen-bond acceptors (Lipinski definition) is 5. The van der Waals surface area contributed by atoms with Gasteiger partial charge in [0.15, 0.2) is 5.82 Å². The molecule has 1 aromatic heterocycles. The molecule has 0 bridgehead atoms. The van der Waals surface area contributed by atoms with Crippen LogP contribution in [0.3, 0.4) is 0 Å². The second-order valence-corrected chi connectivity index (χ2v) is 8.84. The minimum absolute atomic E-state index is 0.0684. The molecule has 2 heterocycles. The molecule has 35 heavy (non-hydrogen) atoms. The summed E-state index contributed by atoms with van der Waals surface area (Å²) < 4.78 is 6.89. The van der Waals surface area contributed by atoms with Crippen LogP contribution in [-0.4, -0.2) is 57.0 Å². The molecule has 2 amide bonds. The molecule has 0 saturated carbocycles. The zero-order chi connectivity index (χ0) is 24.5. The van der Waals surface area contributed by atoms with E-state index in [2.05, 4.69) is 22.5 Å². The molecule has 2 N–H and O–H groups in total. The van der Waals surface area contributed by atoms with E-state index in [0.29, 0.717) is 13.0 Å². The van der Waals surface area contributed by atoms with Crippen molar-refractivity contribution in [1.82, 2.24) is 14.7 Å². The van der Waals surface area contributed by atoms with Crippen molar-refractivity contribution in [1.29, 1.82) is 0 Å². The minimum atomic E-state index is -1.02. The fourth-order valence-corrected chi connectivity index (χ4v) is 5.05. The lowest BCUT2D eigenvalue weighted by molar-refractivity contribution is -0.143. The van der Waals surface area contributed by atoms with E-state index in [1.807, 2.05) is 36.4 Å². The number of likely N-dealkylation sites (tertiary alicyclic amines) is 1. The molecule has 1 aliphatic heterocycles. The number of piperidine rings is 1. The molecule has 2 aliphatic rings. The van der Waals surface area contributed by atoms with Crippen LogP contribution in [0.1, 0.15) is 46.8 Å². The Bertz CT molecular complexity index is 1250. The van der Waals surface area contributed by atoms with E-state index < -0.39 is 24.0 Å². The van der Waals surface area contributed by atoms with Crippen LogP contribution in [0.5, 0.6) is 0 Å². The Kier molecular flexibility index (Phi) is 5.98. The highest BCUT2D eigenvalue weighted by molar-refractivity contribution is 5.97. The van der Waals surface area contributed by atoms with E-state index in [0.717, 1.165) is 35.1 Å². The molecular formula is C26H26N4O5. The molecule has 0 spiro atoms. The van der Waals surface area contributed by atoms with Crippen LogP contribution in [0, 0.1) is 0 Å². The maximum atomic E-state index is 13.0. The number of nitrogens with zero attached hydrogens (tertiary/aromatic N) is 3. The number of carboxylic acids is 1. The number of fused-ring (bicyclic) bond motifs is 3. The quantitative estimate of drug-likeness (QED) is 0.581. The number of aromatic nitrogens is 2. The predicted molar refractivity (Wildman–Crippen MR) is 128 cm³/mol. The number of carbonyl (C=O) groups excluding carboxylic acids is 2. The molecule has 1 atom stereocenters. The lowest BCUT2D eigenvalue weighted by atomic mass is 9.98. The highest BCUT2D eigenvalue weighted by Crippen LogP contribution is 2.44. The van der Waals surface area contributed by atoms with Gasteiger partial charge in [-0.25, -0.2) is 9.59 Å². The monoisotopic (exact) mass is 474 g/mol. The van der Waals surface area contributed by atoms with Crippen molar-refractivity contribution in [2.45, 2.75) is 31.2 Å². The molecule has 1 saturated heterocycles. The summed E-state index contributed by atoms with van der Waals surface area (Å²) in [6, 6.07) is 16.7. The molecule has 1 fully saturated rings. The Morgan fingerprint density at radius 2 is 1.71 bits per heavy atom. The summed E-state index contributed by atoms with van der Waals surface area (Å²) in [5.41, 5.74) is 4.71. The molecule has 1 aliphatic carbocycles. The lowest BCUT2D eigenvalue weighted by Crippen LogP contribution is -2.48. The number of rotatable bonds is 5. The van der Waals surface area contributed by atoms with Gasteiger partial charge >= 0.3 is 12.1 Å². The molecule has 180 valence electrons. The van der Waals surface area contributed by atoms with Crippen molar-refractivity contribution < 1.29 is 24.2 Å². The summed E-state index contributed by atoms with van der Waals surface area (Å²) in [7, 11) is 1.58. The number of aryl methyl sites for hydroxylation is 1. The number of hydrogen-bond donors (Lipinski definition) is 2. The normalized spacial score (nSPS) is 16.9. The smallest absolute Gasteiger partial charge is 0.412 e. The van der Waals surface area contributed by atoms with Crippen molar-refractivity contribution in [3.63, 3.8) is 0 Å². The Labute approximate surface area is 202 Å². The predicted octanol–water partition coefficient (Wildman–Crippen LogP) is 3.86. The van der Waals surface area contributed by atoms with Gasteiger partial charge in [0.1, 0.15) is 18.3 Å². The lowest BCUT2D eigenvalue weighted by Gasteiger charge is -2.32. The Hall–Kier alpha value is -4.14. The standard InChI is InChI=1S/C26H26N4O5/c1-29-22(24(31)30-13-7-6-12-21(30)25(32)33)14-23(28-29)27-26(34)35-15-20-18-10-4-2-8-16(18)17-9-3-5-11-19(17)20/h2-5,8-11,14,20-21H,6-7,12-13,15H2,1H3,(H,32,33)(H,27,28,34)/t21-/m1/s1. The van der Waals surface area contributed by atoms with Gasteiger partial charge in [0.2, 0.25) is 0 Å². The molecule has 0 radical (unpaired) electrons. The molecule has 3 aromatic rings. The van der Waals surface area contributed by atoms with Gasteiger partial charge < -0.3 is 14.7 Å². The summed E-state index contributed by atoms with van der Waals surface area (Å²) in [5.74, 6) is -1.34. The summed E-state index contributed by atoms with van der Waals surface area (Å²) in [6.45, 7) is 0.530. The number of amides is 2. The average Bonchev–Trinajstić information content (AvgIpc) is 3.39. The van der Waals surface area contributed by atoms with Crippen molar-refractivity contribution in [2.24, 2.45) is 7.05 Å². The van der Waals surface area contributed by atoms with E-state index in [-0.39, 0.29) is 24.0 Å². The van der Waals surface area contributed by atoms with Crippen molar-refractivity contribution in [3.05, 3.63) is 71.4 Å². The van der Waals surface area contributed by atoms with Crippen LogP contribution in [0.25, 0.3) is 11.1 Å². The second-order valence-electron chi connectivity index (χ2n) is 8.84. The average molecular weight is 475 g/mol. The SMILES string of the molecule is Cn1nc(NC(=O)OCC2c3ccccc3-c3ccccc32)cc1C(=O)N1CCCC[C@@H]1C(=O)O. The number of aliphatic carboxylic acids is 1. The van der Waals surface area contributed by atoms with Gasteiger partial charge in [-0.3, -0.25) is 14.8 Å². The van der Waals surface area contributed by atoms with Gasteiger partial charge in [-0.1, -0.05) is 48.5 Å². The van der Waals surface area contributed by atoms with Gasteiger partial charge in [-0.05, 0) is 41.5 Å². The molecule has 0 unspecified atom stereocenters. The third-order valence-electron chi connectivity index (χ3n) is 6.72. The van der Waals surface area contributed by atoms with E-state index in [4.69, 9.17) is 4.74 Å². The number of carboxylic acid groups (broad SMARTS) is 1. The summed E-state index contributed by atoms with van der Waals surface area (Å²) in [5, 5.41) is 16.3. The zero-order valence-corrected chi connectivity index (χ0v) is 19.3. The third-order valence-corrected chi connectivity index (χ3v) is 6.72. The summed E-state index contributed by atoms with van der Waals surface area (Å²) in [4.78, 5) is 38.5. The number of nitrogens with one attached hydrogen (secondary N) is 1. The number of carbonyl (C=O) groups is 3. The van der Waals surface area contributed by atoms with Crippen LogP contribution in [0.4, 0.5) is 10.6 Å². The first-order chi connectivity index (χ1) is 16.9. The van der Waals surface area contributed by atoms with Crippen LogP contribution in [-0.2, 0) is 16.6 Å². The number of anilines is 1. The first-order valence-corrected chi connectivity index (χ1v) is 11.6. The van der Waals surface area contributed by atoms with E-state index in [1.54, 1.807) is 7.05 Å². The highest BCUT2D eigenvalue weighted by atomic mass is 16.5.